The minimum Gasteiger partial charge on any atom is -0.358 e. The Bertz CT molecular complexity index is 490. The molecule has 6 heteroatoms. The molecule has 1 unspecified atom stereocenters. The smallest absolute Gasteiger partial charge is 0.244 e. The quantitative estimate of drug-likeness (QED) is 0.849. The van der Waals surface area contributed by atoms with Crippen LogP contribution in [0.4, 0.5) is 5.82 Å². The Morgan fingerprint density at radius 2 is 1.95 bits per heavy atom. The SMILES string of the molecule is CCN(C)C(=O)C(C)Nc1nc(C(C)C)nc(Cl)c1C. The predicted octanol–water partition coefficient (Wildman–Crippen LogP) is 2.84. The van der Waals surface area contributed by atoms with Crippen molar-refractivity contribution in [1.29, 1.82) is 0 Å². The van der Waals surface area contributed by atoms with Crippen LogP contribution >= 0.6 is 11.6 Å². The lowest BCUT2D eigenvalue weighted by atomic mass is 10.2. The van der Waals surface area contributed by atoms with Gasteiger partial charge in [0.25, 0.3) is 0 Å². The van der Waals surface area contributed by atoms with Crippen LogP contribution in [0, 0.1) is 6.92 Å². The Labute approximate surface area is 125 Å². The standard InChI is InChI=1S/C14H23ClN4O/c1-7-19(6)14(20)10(5)16-13-9(4)11(15)17-12(18-13)8(2)3/h8,10H,7H2,1-6H3,(H,16,17,18). The number of carbonyl (C=O) groups excluding carboxylic acids is 1. The van der Waals surface area contributed by atoms with Gasteiger partial charge in [-0.2, -0.15) is 0 Å². The molecule has 1 aromatic heterocycles. The largest absolute Gasteiger partial charge is 0.358 e. The monoisotopic (exact) mass is 298 g/mol. The number of amides is 1. The maximum atomic E-state index is 12.1. The second-order valence-corrected chi connectivity index (χ2v) is 5.58. The van der Waals surface area contributed by atoms with Gasteiger partial charge in [0, 0.05) is 25.1 Å². The van der Waals surface area contributed by atoms with Crippen molar-refractivity contribution in [2.45, 2.75) is 46.6 Å². The summed E-state index contributed by atoms with van der Waals surface area (Å²) in [6.45, 7) is 10.3. The highest BCUT2D eigenvalue weighted by Crippen LogP contribution is 2.23. The van der Waals surface area contributed by atoms with E-state index in [1.165, 1.54) is 0 Å². The summed E-state index contributed by atoms with van der Waals surface area (Å²) in [4.78, 5) is 22.5. The fraction of sp³-hybridized carbons (Fsp3) is 0.643. The molecule has 0 saturated heterocycles. The van der Waals surface area contributed by atoms with E-state index >= 15 is 0 Å². The van der Waals surface area contributed by atoms with Gasteiger partial charge in [-0.3, -0.25) is 4.79 Å². The molecule has 1 rings (SSSR count). The predicted molar refractivity (Wildman–Crippen MR) is 82.3 cm³/mol. The van der Waals surface area contributed by atoms with Crippen LogP contribution in [0.25, 0.3) is 0 Å². The van der Waals surface area contributed by atoms with Gasteiger partial charge in [0.1, 0.15) is 22.8 Å². The third-order valence-electron chi connectivity index (χ3n) is 3.19. The lowest BCUT2D eigenvalue weighted by Gasteiger charge is -2.22. The van der Waals surface area contributed by atoms with Gasteiger partial charge in [-0.1, -0.05) is 25.4 Å². The summed E-state index contributed by atoms with van der Waals surface area (Å²) in [5, 5.41) is 3.56. The van der Waals surface area contributed by atoms with Gasteiger partial charge in [0.2, 0.25) is 5.91 Å². The van der Waals surface area contributed by atoms with Crippen molar-refractivity contribution >= 4 is 23.3 Å². The van der Waals surface area contributed by atoms with Gasteiger partial charge in [-0.25, -0.2) is 9.97 Å². The number of hydrogen-bond donors (Lipinski definition) is 1. The molecule has 20 heavy (non-hydrogen) atoms. The Hall–Kier alpha value is -1.36. The molecule has 0 aliphatic heterocycles. The lowest BCUT2D eigenvalue weighted by molar-refractivity contribution is -0.130. The van der Waals surface area contributed by atoms with Gasteiger partial charge in [-0.05, 0) is 20.8 Å². The van der Waals surface area contributed by atoms with Gasteiger partial charge in [0.15, 0.2) is 0 Å². The zero-order valence-corrected chi connectivity index (χ0v) is 13.7. The van der Waals surface area contributed by atoms with Gasteiger partial charge in [0.05, 0.1) is 0 Å². The molecule has 0 aliphatic carbocycles. The van der Waals surface area contributed by atoms with E-state index in [9.17, 15) is 4.79 Å². The van der Waals surface area contributed by atoms with Gasteiger partial charge < -0.3 is 10.2 Å². The molecule has 0 spiro atoms. The van der Waals surface area contributed by atoms with Crippen molar-refractivity contribution < 1.29 is 4.79 Å². The number of aromatic nitrogens is 2. The maximum Gasteiger partial charge on any atom is 0.244 e. The van der Waals surface area contributed by atoms with Crippen molar-refractivity contribution in [2.75, 3.05) is 18.9 Å². The van der Waals surface area contributed by atoms with Crippen molar-refractivity contribution in [3.8, 4) is 0 Å². The second kappa shape index (κ2) is 6.88. The highest BCUT2D eigenvalue weighted by Gasteiger charge is 2.19. The van der Waals surface area contributed by atoms with E-state index in [0.717, 1.165) is 5.56 Å². The first-order chi connectivity index (χ1) is 9.27. The number of likely N-dealkylation sites (N-methyl/N-ethyl adjacent to an activating group) is 1. The molecule has 0 aliphatic rings. The lowest BCUT2D eigenvalue weighted by Crippen LogP contribution is -2.39. The van der Waals surface area contributed by atoms with E-state index in [2.05, 4.69) is 15.3 Å². The zero-order chi connectivity index (χ0) is 15.4. The van der Waals surface area contributed by atoms with Crippen molar-refractivity contribution in [3.05, 3.63) is 16.5 Å². The van der Waals surface area contributed by atoms with Gasteiger partial charge in [-0.15, -0.1) is 0 Å². The van der Waals surface area contributed by atoms with Crippen LogP contribution in [0.2, 0.25) is 5.15 Å². The van der Waals surface area contributed by atoms with Gasteiger partial charge >= 0.3 is 0 Å². The van der Waals surface area contributed by atoms with Crippen LogP contribution in [0.5, 0.6) is 0 Å². The summed E-state index contributed by atoms with van der Waals surface area (Å²) in [5.41, 5.74) is 0.759. The molecule has 0 aromatic carbocycles. The summed E-state index contributed by atoms with van der Waals surface area (Å²) in [7, 11) is 1.78. The Morgan fingerprint density at radius 3 is 2.45 bits per heavy atom. The summed E-state index contributed by atoms with van der Waals surface area (Å²) in [5.74, 6) is 1.50. The molecular weight excluding hydrogens is 276 g/mol. The molecule has 1 heterocycles. The minimum atomic E-state index is -0.357. The highest BCUT2D eigenvalue weighted by atomic mass is 35.5. The fourth-order valence-corrected chi connectivity index (χ4v) is 1.83. The summed E-state index contributed by atoms with van der Waals surface area (Å²) in [6.07, 6.45) is 0. The maximum absolute atomic E-state index is 12.1. The molecular formula is C14H23ClN4O. The summed E-state index contributed by atoms with van der Waals surface area (Å²) >= 11 is 6.13. The number of rotatable bonds is 5. The molecule has 0 fully saturated rings. The molecule has 1 amide bonds. The topological polar surface area (TPSA) is 58.1 Å². The van der Waals surface area contributed by atoms with E-state index in [4.69, 9.17) is 11.6 Å². The van der Waals surface area contributed by atoms with Crippen LogP contribution in [0.3, 0.4) is 0 Å². The van der Waals surface area contributed by atoms with Crippen LogP contribution in [-0.4, -0.2) is 40.4 Å². The minimum absolute atomic E-state index is 0.0210. The van der Waals surface area contributed by atoms with E-state index in [-0.39, 0.29) is 17.9 Å². The van der Waals surface area contributed by atoms with Crippen LogP contribution < -0.4 is 5.32 Å². The highest BCUT2D eigenvalue weighted by molar-refractivity contribution is 6.30. The third kappa shape index (κ3) is 3.82. The number of hydrogen-bond acceptors (Lipinski definition) is 4. The third-order valence-corrected chi connectivity index (χ3v) is 3.56. The van der Waals surface area contributed by atoms with Crippen molar-refractivity contribution in [3.63, 3.8) is 0 Å². The zero-order valence-electron chi connectivity index (χ0n) is 13.0. The summed E-state index contributed by atoms with van der Waals surface area (Å²) < 4.78 is 0. The molecule has 1 atom stereocenters. The number of halogens is 1. The van der Waals surface area contributed by atoms with Crippen molar-refractivity contribution in [2.24, 2.45) is 0 Å². The Balaban J connectivity index is 3.00. The molecule has 0 radical (unpaired) electrons. The first kappa shape index (κ1) is 16.7. The molecule has 1 aromatic rings. The van der Waals surface area contributed by atoms with Crippen LogP contribution in [-0.2, 0) is 4.79 Å². The molecule has 5 nitrogen and oxygen atoms in total. The normalized spacial score (nSPS) is 12.4. The fourth-order valence-electron chi connectivity index (χ4n) is 1.66. The molecule has 0 saturated carbocycles. The van der Waals surface area contributed by atoms with Crippen LogP contribution in [0.1, 0.15) is 45.0 Å². The number of carbonyl (C=O) groups is 1. The van der Waals surface area contributed by atoms with E-state index in [1.54, 1.807) is 11.9 Å². The van der Waals surface area contributed by atoms with E-state index in [0.29, 0.717) is 23.3 Å². The Morgan fingerprint density at radius 1 is 1.35 bits per heavy atom. The molecule has 0 bridgehead atoms. The van der Waals surface area contributed by atoms with E-state index < -0.39 is 0 Å². The Kier molecular flexibility index (Phi) is 5.74. The molecule has 112 valence electrons. The average molecular weight is 299 g/mol. The van der Waals surface area contributed by atoms with Crippen LogP contribution in [0.15, 0.2) is 0 Å². The van der Waals surface area contributed by atoms with E-state index in [1.807, 2.05) is 34.6 Å². The number of anilines is 1. The number of nitrogens with one attached hydrogen (secondary N) is 1. The first-order valence-electron chi connectivity index (χ1n) is 6.83. The van der Waals surface area contributed by atoms with Crippen molar-refractivity contribution in [1.82, 2.24) is 14.9 Å². The first-order valence-corrected chi connectivity index (χ1v) is 7.21. The second-order valence-electron chi connectivity index (χ2n) is 5.22. The average Bonchev–Trinajstić information content (AvgIpc) is 2.41. The molecule has 1 N–H and O–H groups in total. The summed E-state index contributed by atoms with van der Waals surface area (Å²) in [6, 6.07) is -0.357. The number of nitrogens with zero attached hydrogens (tertiary/aromatic N) is 3.